The number of nitrogens with zero attached hydrogens (tertiary/aromatic N) is 1. The van der Waals surface area contributed by atoms with Gasteiger partial charge in [0.15, 0.2) is 0 Å². The summed E-state index contributed by atoms with van der Waals surface area (Å²) >= 11 is 0. The van der Waals surface area contributed by atoms with Crippen molar-refractivity contribution in [3.05, 3.63) is 29.1 Å². The minimum Gasteiger partial charge on any atom is -0.444 e. The Kier molecular flexibility index (Phi) is 6.36. The normalized spacial score (nSPS) is 18.3. The van der Waals surface area contributed by atoms with Crippen molar-refractivity contribution in [3.63, 3.8) is 0 Å². The summed E-state index contributed by atoms with van der Waals surface area (Å²) in [7, 11) is 0.206. The molecule has 162 valence electrons. The molecule has 2 rings (SSSR count). The van der Waals surface area contributed by atoms with Crippen LogP contribution in [-0.4, -0.2) is 42.0 Å². The molecule has 1 aliphatic heterocycles. The van der Waals surface area contributed by atoms with Gasteiger partial charge >= 0.3 is 13.2 Å². The van der Waals surface area contributed by atoms with Crippen molar-refractivity contribution in [2.75, 3.05) is 7.05 Å². The molecule has 9 heteroatoms. The summed E-state index contributed by atoms with van der Waals surface area (Å²) in [4.78, 5) is 13.3. The van der Waals surface area contributed by atoms with Gasteiger partial charge in [-0.3, -0.25) is 0 Å². The second kappa shape index (κ2) is 7.83. The fourth-order valence-corrected chi connectivity index (χ4v) is 2.86. The van der Waals surface area contributed by atoms with Gasteiger partial charge in [0.05, 0.1) is 11.2 Å². The Morgan fingerprint density at radius 2 is 1.69 bits per heavy atom. The van der Waals surface area contributed by atoms with Crippen LogP contribution in [0, 0.1) is 5.82 Å². The number of rotatable bonds is 4. The summed E-state index contributed by atoms with van der Waals surface area (Å²) < 4.78 is 59.2. The second-order valence-electron chi connectivity index (χ2n) is 9.31. The molecule has 0 bridgehead atoms. The van der Waals surface area contributed by atoms with Gasteiger partial charge in [-0.1, -0.05) is 0 Å². The topological polar surface area (TPSA) is 48.0 Å². The van der Waals surface area contributed by atoms with Crippen LogP contribution in [-0.2, 0) is 20.6 Å². The van der Waals surface area contributed by atoms with E-state index in [1.54, 1.807) is 48.5 Å². The maximum absolute atomic E-state index is 14.9. The second-order valence-corrected chi connectivity index (χ2v) is 9.31. The van der Waals surface area contributed by atoms with Crippen LogP contribution in [0.1, 0.15) is 66.0 Å². The Labute approximate surface area is 170 Å². The third-order valence-corrected chi connectivity index (χ3v) is 5.07. The molecule has 1 heterocycles. The molecule has 1 aromatic carbocycles. The third-order valence-electron chi connectivity index (χ3n) is 5.07. The number of hydrogen-bond acceptors (Lipinski definition) is 4. The molecule has 0 unspecified atom stereocenters. The molecule has 0 spiro atoms. The molecule has 0 radical (unpaired) electrons. The SMILES string of the molecule is CN(Cc1cc(F)c(B2OC(C)(C)C(C)(C)O2)c(C(F)F)c1)C(=O)OC(C)(C)C. The Bertz CT molecular complexity index is 762. The molecule has 0 aromatic heterocycles. The average Bonchev–Trinajstić information content (AvgIpc) is 2.72. The van der Waals surface area contributed by atoms with Gasteiger partial charge in [0.2, 0.25) is 0 Å². The van der Waals surface area contributed by atoms with Gasteiger partial charge in [-0.25, -0.2) is 18.0 Å². The van der Waals surface area contributed by atoms with Gasteiger partial charge in [0.1, 0.15) is 11.4 Å². The number of benzene rings is 1. The number of amides is 1. The third kappa shape index (κ3) is 5.25. The monoisotopic (exact) mass is 415 g/mol. The highest BCUT2D eigenvalue weighted by Gasteiger charge is 2.53. The lowest BCUT2D eigenvalue weighted by Crippen LogP contribution is -2.41. The highest BCUT2D eigenvalue weighted by molar-refractivity contribution is 6.62. The lowest BCUT2D eigenvalue weighted by Gasteiger charge is -2.32. The molecule has 0 aliphatic carbocycles. The van der Waals surface area contributed by atoms with Crippen molar-refractivity contribution in [1.29, 1.82) is 0 Å². The Morgan fingerprint density at radius 3 is 2.14 bits per heavy atom. The van der Waals surface area contributed by atoms with Crippen LogP contribution in [0.5, 0.6) is 0 Å². The van der Waals surface area contributed by atoms with E-state index in [4.69, 9.17) is 14.0 Å². The van der Waals surface area contributed by atoms with E-state index in [-0.39, 0.29) is 17.6 Å². The minimum atomic E-state index is -2.94. The first-order valence-corrected chi connectivity index (χ1v) is 9.44. The van der Waals surface area contributed by atoms with Crippen LogP contribution in [0.2, 0.25) is 0 Å². The van der Waals surface area contributed by atoms with Crippen molar-refractivity contribution >= 4 is 18.7 Å². The van der Waals surface area contributed by atoms with E-state index < -0.39 is 47.8 Å². The minimum absolute atomic E-state index is 0.0881. The summed E-state index contributed by atoms with van der Waals surface area (Å²) in [5.41, 5.74) is -2.91. The molecule has 1 aliphatic rings. The molecule has 1 amide bonds. The van der Waals surface area contributed by atoms with Crippen LogP contribution in [0.4, 0.5) is 18.0 Å². The van der Waals surface area contributed by atoms with Gasteiger partial charge in [0, 0.05) is 24.6 Å². The largest absolute Gasteiger partial charge is 0.498 e. The maximum atomic E-state index is 14.9. The Hall–Kier alpha value is -1.74. The van der Waals surface area contributed by atoms with Gasteiger partial charge in [0.25, 0.3) is 6.43 Å². The molecular weight excluding hydrogens is 386 g/mol. The van der Waals surface area contributed by atoms with Crippen molar-refractivity contribution in [3.8, 4) is 0 Å². The Balaban J connectivity index is 2.33. The lowest BCUT2D eigenvalue weighted by atomic mass is 9.75. The van der Waals surface area contributed by atoms with E-state index >= 15 is 0 Å². The summed E-state index contributed by atoms with van der Waals surface area (Å²) in [5, 5.41) is 0. The molecule has 5 nitrogen and oxygen atoms in total. The molecule has 1 fully saturated rings. The fraction of sp³-hybridized carbons (Fsp3) is 0.650. The molecule has 1 aromatic rings. The van der Waals surface area contributed by atoms with Crippen LogP contribution in [0.15, 0.2) is 12.1 Å². The predicted molar refractivity (Wildman–Crippen MR) is 105 cm³/mol. The zero-order valence-corrected chi connectivity index (χ0v) is 18.2. The standard InChI is InChI=1S/C20H29BF3NO4/c1-18(2,3)27-17(26)25(8)11-12-9-13(16(23)24)15(14(22)10-12)21-28-19(4,5)20(6,7)29-21/h9-10,16H,11H2,1-8H3. The smallest absolute Gasteiger partial charge is 0.444 e. The number of carbonyl (C=O) groups is 1. The van der Waals surface area contributed by atoms with E-state index in [2.05, 4.69) is 0 Å². The highest BCUT2D eigenvalue weighted by atomic mass is 19.3. The molecule has 29 heavy (non-hydrogen) atoms. The van der Waals surface area contributed by atoms with E-state index in [9.17, 15) is 18.0 Å². The first-order chi connectivity index (χ1) is 13.0. The average molecular weight is 415 g/mol. The first-order valence-electron chi connectivity index (χ1n) is 9.44. The highest BCUT2D eigenvalue weighted by Crippen LogP contribution is 2.37. The Morgan fingerprint density at radius 1 is 1.17 bits per heavy atom. The van der Waals surface area contributed by atoms with Gasteiger partial charge in [-0.05, 0) is 66.2 Å². The summed E-state index contributed by atoms with van der Waals surface area (Å²) in [5.74, 6) is -0.867. The zero-order chi connectivity index (χ0) is 22.4. The molecule has 0 atom stereocenters. The zero-order valence-electron chi connectivity index (χ0n) is 18.2. The van der Waals surface area contributed by atoms with Crippen LogP contribution in [0.25, 0.3) is 0 Å². The summed E-state index contributed by atoms with van der Waals surface area (Å²) in [6, 6.07) is 2.29. The number of ether oxygens (including phenoxy) is 1. The van der Waals surface area contributed by atoms with Crippen molar-refractivity contribution < 1.29 is 32.0 Å². The molecule has 1 saturated heterocycles. The van der Waals surface area contributed by atoms with Crippen LogP contribution >= 0.6 is 0 Å². The number of hydrogen-bond donors (Lipinski definition) is 0. The maximum Gasteiger partial charge on any atom is 0.498 e. The lowest BCUT2D eigenvalue weighted by molar-refractivity contribution is 0.00578. The van der Waals surface area contributed by atoms with Crippen molar-refractivity contribution in [1.82, 2.24) is 4.90 Å². The van der Waals surface area contributed by atoms with Crippen molar-refractivity contribution in [2.24, 2.45) is 0 Å². The quantitative estimate of drug-likeness (QED) is 0.683. The van der Waals surface area contributed by atoms with Crippen LogP contribution < -0.4 is 5.46 Å². The van der Waals surface area contributed by atoms with Crippen molar-refractivity contribution in [2.45, 2.75) is 78.2 Å². The van der Waals surface area contributed by atoms with Gasteiger partial charge in [-0.15, -0.1) is 0 Å². The number of alkyl halides is 2. The van der Waals surface area contributed by atoms with E-state index in [0.29, 0.717) is 0 Å². The summed E-state index contributed by atoms with van der Waals surface area (Å²) in [6.07, 6.45) is -3.57. The van der Waals surface area contributed by atoms with Gasteiger partial charge in [-0.2, -0.15) is 0 Å². The molecular formula is C20H29BF3NO4. The predicted octanol–water partition coefficient (Wildman–Crippen LogP) is 4.43. The summed E-state index contributed by atoms with van der Waals surface area (Å²) in [6.45, 7) is 12.1. The fourth-order valence-electron chi connectivity index (χ4n) is 2.86. The number of carbonyl (C=O) groups excluding carboxylic acids is 1. The first kappa shape index (κ1) is 23.5. The van der Waals surface area contributed by atoms with E-state index in [0.717, 1.165) is 6.07 Å². The van der Waals surface area contributed by atoms with Crippen LogP contribution in [0.3, 0.4) is 0 Å². The molecule has 0 N–H and O–H groups in total. The van der Waals surface area contributed by atoms with Gasteiger partial charge < -0.3 is 18.9 Å². The van der Waals surface area contributed by atoms with E-state index in [1.165, 1.54) is 18.0 Å². The number of halogens is 3. The molecule has 0 saturated carbocycles. The van der Waals surface area contributed by atoms with E-state index in [1.807, 2.05) is 0 Å².